The molecule has 0 atom stereocenters. The molecule has 0 amide bonds. The van der Waals surface area contributed by atoms with Crippen LogP contribution in [0.2, 0.25) is 0 Å². The van der Waals surface area contributed by atoms with E-state index in [9.17, 15) is 15.0 Å². The zero-order valence-corrected chi connectivity index (χ0v) is 12.0. The number of carbonyl (C=O) groups is 1. The Hall–Kier alpha value is -1.55. The van der Waals surface area contributed by atoms with Crippen molar-refractivity contribution >= 4 is 11.5 Å². The second-order valence-corrected chi connectivity index (χ2v) is 5.47. The van der Waals surface area contributed by atoms with Gasteiger partial charge in [0.25, 0.3) is 0 Å². The molecule has 2 N–H and O–H groups in total. The third kappa shape index (κ3) is 3.31. The van der Waals surface area contributed by atoms with Gasteiger partial charge in [-0.15, -0.1) is 0 Å². The van der Waals surface area contributed by atoms with E-state index in [0.29, 0.717) is 18.2 Å². The van der Waals surface area contributed by atoms with Crippen molar-refractivity contribution in [2.75, 3.05) is 18.1 Å². The average Bonchev–Trinajstić information content (AvgIpc) is 2.45. The number of hydrogen-bond acceptors (Lipinski definition) is 4. The summed E-state index contributed by atoms with van der Waals surface area (Å²) >= 11 is 0. The molecule has 110 valence electrons. The van der Waals surface area contributed by atoms with Crippen LogP contribution >= 0.6 is 0 Å². The minimum Gasteiger partial charge on any atom is -0.507 e. The van der Waals surface area contributed by atoms with Crippen molar-refractivity contribution in [2.24, 2.45) is 0 Å². The first-order chi connectivity index (χ1) is 9.63. The quantitative estimate of drug-likeness (QED) is 0.812. The first kappa shape index (κ1) is 14.9. The molecule has 0 aromatic heterocycles. The van der Waals surface area contributed by atoms with Gasteiger partial charge in [-0.3, -0.25) is 4.79 Å². The number of rotatable bonds is 5. The topological polar surface area (TPSA) is 60.8 Å². The van der Waals surface area contributed by atoms with Crippen molar-refractivity contribution in [3.63, 3.8) is 0 Å². The number of benzene rings is 1. The van der Waals surface area contributed by atoms with E-state index in [0.717, 1.165) is 18.5 Å². The molecule has 0 saturated heterocycles. The Morgan fingerprint density at radius 2 is 2.00 bits per heavy atom. The van der Waals surface area contributed by atoms with Gasteiger partial charge in [-0.25, -0.2) is 0 Å². The van der Waals surface area contributed by atoms with Gasteiger partial charge in [0.2, 0.25) is 0 Å². The van der Waals surface area contributed by atoms with Gasteiger partial charge < -0.3 is 15.1 Å². The number of ketones is 1. The van der Waals surface area contributed by atoms with Crippen molar-refractivity contribution in [3.05, 3.63) is 23.8 Å². The first-order valence-electron chi connectivity index (χ1n) is 7.35. The van der Waals surface area contributed by atoms with E-state index in [4.69, 9.17) is 0 Å². The van der Waals surface area contributed by atoms with Crippen molar-refractivity contribution in [3.8, 4) is 5.75 Å². The zero-order valence-electron chi connectivity index (χ0n) is 12.0. The van der Waals surface area contributed by atoms with E-state index in [1.54, 1.807) is 12.1 Å². The molecule has 1 aromatic rings. The van der Waals surface area contributed by atoms with E-state index in [1.807, 2.05) is 6.07 Å². The van der Waals surface area contributed by atoms with E-state index in [2.05, 4.69) is 4.90 Å². The molecular weight excluding hydrogens is 254 g/mol. The standard InChI is InChI=1S/C16H23NO3/c1-12(19)15-8-7-14(11-16(15)20)17(9-10-18)13-5-3-2-4-6-13/h7-8,11,13,18,20H,2-6,9-10H2,1H3. The van der Waals surface area contributed by atoms with Gasteiger partial charge >= 0.3 is 0 Å². The Balaban J connectivity index is 2.24. The summed E-state index contributed by atoms with van der Waals surface area (Å²) in [4.78, 5) is 13.5. The number of hydrogen-bond donors (Lipinski definition) is 2. The van der Waals surface area contributed by atoms with E-state index in [1.165, 1.54) is 26.2 Å². The highest BCUT2D eigenvalue weighted by atomic mass is 16.3. The largest absolute Gasteiger partial charge is 0.507 e. The summed E-state index contributed by atoms with van der Waals surface area (Å²) in [5.74, 6) is -0.117. The van der Waals surface area contributed by atoms with Gasteiger partial charge in [0.1, 0.15) is 5.75 Å². The van der Waals surface area contributed by atoms with Crippen LogP contribution in [-0.2, 0) is 0 Å². The number of nitrogens with zero attached hydrogens (tertiary/aromatic N) is 1. The molecular formula is C16H23NO3. The van der Waals surface area contributed by atoms with Gasteiger partial charge in [-0.2, -0.15) is 0 Å². The normalized spacial score (nSPS) is 16.1. The minimum atomic E-state index is -0.138. The lowest BCUT2D eigenvalue weighted by Gasteiger charge is -2.36. The molecule has 0 unspecified atom stereocenters. The van der Waals surface area contributed by atoms with Crippen LogP contribution in [0.3, 0.4) is 0 Å². The van der Waals surface area contributed by atoms with Gasteiger partial charge in [-0.1, -0.05) is 19.3 Å². The van der Waals surface area contributed by atoms with Crippen LogP contribution in [0.25, 0.3) is 0 Å². The summed E-state index contributed by atoms with van der Waals surface area (Å²) in [7, 11) is 0. The molecule has 1 saturated carbocycles. The fourth-order valence-corrected chi connectivity index (χ4v) is 3.02. The van der Waals surface area contributed by atoms with E-state index >= 15 is 0 Å². The Morgan fingerprint density at radius 3 is 2.55 bits per heavy atom. The van der Waals surface area contributed by atoms with Crippen LogP contribution in [0.15, 0.2) is 18.2 Å². The monoisotopic (exact) mass is 277 g/mol. The summed E-state index contributed by atoms with van der Waals surface area (Å²) in [6, 6.07) is 5.58. The molecule has 0 heterocycles. The maximum Gasteiger partial charge on any atom is 0.163 e. The molecule has 1 aromatic carbocycles. The Labute approximate surface area is 120 Å². The highest BCUT2D eigenvalue weighted by Crippen LogP contribution is 2.30. The van der Waals surface area contributed by atoms with E-state index < -0.39 is 0 Å². The van der Waals surface area contributed by atoms with E-state index in [-0.39, 0.29) is 18.1 Å². The van der Waals surface area contributed by atoms with Crippen LogP contribution in [0, 0.1) is 0 Å². The highest BCUT2D eigenvalue weighted by Gasteiger charge is 2.22. The highest BCUT2D eigenvalue weighted by molar-refractivity contribution is 5.97. The van der Waals surface area contributed by atoms with Crippen molar-refractivity contribution in [1.29, 1.82) is 0 Å². The van der Waals surface area contributed by atoms with Crippen LogP contribution in [0.4, 0.5) is 5.69 Å². The predicted molar refractivity (Wildman–Crippen MR) is 79.4 cm³/mol. The fourth-order valence-electron chi connectivity index (χ4n) is 3.02. The SMILES string of the molecule is CC(=O)c1ccc(N(CCO)C2CCCCC2)cc1O. The molecule has 1 aliphatic rings. The van der Waals surface area contributed by atoms with Gasteiger partial charge in [0.05, 0.1) is 12.2 Å². The maximum atomic E-state index is 11.4. The number of anilines is 1. The number of phenolic OH excluding ortho intramolecular Hbond substituents is 1. The van der Waals surface area contributed by atoms with Crippen LogP contribution in [0.5, 0.6) is 5.75 Å². The zero-order chi connectivity index (χ0) is 14.5. The molecule has 4 heteroatoms. The lowest BCUT2D eigenvalue weighted by Crippen LogP contribution is -2.38. The Kier molecular flexibility index (Phi) is 5.01. The molecule has 0 radical (unpaired) electrons. The summed E-state index contributed by atoms with van der Waals surface area (Å²) in [6.45, 7) is 2.09. The average molecular weight is 277 g/mol. The molecule has 1 aliphatic carbocycles. The number of aromatic hydroxyl groups is 1. The molecule has 0 bridgehead atoms. The minimum absolute atomic E-state index is 0.0220. The summed E-state index contributed by atoms with van der Waals surface area (Å²) in [5.41, 5.74) is 1.23. The second-order valence-electron chi connectivity index (χ2n) is 5.47. The smallest absolute Gasteiger partial charge is 0.163 e. The molecule has 20 heavy (non-hydrogen) atoms. The Bertz CT molecular complexity index is 467. The van der Waals surface area contributed by atoms with Crippen molar-refractivity contribution in [1.82, 2.24) is 0 Å². The molecule has 4 nitrogen and oxygen atoms in total. The predicted octanol–water partition coefficient (Wildman–Crippen LogP) is 2.73. The third-order valence-corrected chi connectivity index (χ3v) is 4.05. The number of aliphatic hydroxyl groups is 1. The van der Waals surface area contributed by atoms with Gasteiger partial charge in [-0.05, 0) is 31.9 Å². The summed E-state index contributed by atoms with van der Waals surface area (Å²) in [5, 5.41) is 19.2. The van der Waals surface area contributed by atoms with Crippen LogP contribution < -0.4 is 4.90 Å². The van der Waals surface area contributed by atoms with Crippen molar-refractivity contribution < 1.29 is 15.0 Å². The molecule has 0 aliphatic heterocycles. The van der Waals surface area contributed by atoms with Crippen molar-refractivity contribution in [2.45, 2.75) is 45.1 Å². The Morgan fingerprint density at radius 1 is 1.30 bits per heavy atom. The summed E-state index contributed by atoms with van der Waals surface area (Å²) < 4.78 is 0. The fraction of sp³-hybridized carbons (Fsp3) is 0.562. The number of carbonyl (C=O) groups excluding carboxylic acids is 1. The lowest BCUT2D eigenvalue weighted by molar-refractivity contribution is 0.101. The molecule has 1 fully saturated rings. The number of Topliss-reactive ketones (excluding diaryl/α,β-unsaturated/α-hetero) is 1. The van der Waals surface area contributed by atoms with Crippen LogP contribution in [-0.4, -0.2) is 35.2 Å². The third-order valence-electron chi connectivity index (χ3n) is 4.05. The first-order valence-corrected chi connectivity index (χ1v) is 7.35. The summed E-state index contributed by atoms with van der Waals surface area (Å²) in [6.07, 6.45) is 5.94. The molecule has 0 spiro atoms. The lowest BCUT2D eigenvalue weighted by atomic mass is 9.93. The van der Waals surface area contributed by atoms with Gasteiger partial charge in [0, 0.05) is 24.3 Å². The number of phenols is 1. The maximum absolute atomic E-state index is 11.4. The second kappa shape index (κ2) is 6.75. The number of aliphatic hydroxyl groups excluding tert-OH is 1. The molecule has 2 rings (SSSR count). The van der Waals surface area contributed by atoms with Crippen LogP contribution in [0.1, 0.15) is 49.4 Å². The van der Waals surface area contributed by atoms with Gasteiger partial charge in [0.15, 0.2) is 5.78 Å².